The zero-order valence-electron chi connectivity index (χ0n) is 9.53. The van der Waals surface area contributed by atoms with E-state index in [9.17, 15) is 4.79 Å². The van der Waals surface area contributed by atoms with E-state index in [1.807, 2.05) is 37.3 Å². The lowest BCUT2D eigenvalue weighted by Crippen LogP contribution is -2.12. The van der Waals surface area contributed by atoms with Crippen LogP contribution in [0.3, 0.4) is 0 Å². The lowest BCUT2D eigenvalue weighted by molar-refractivity contribution is -0.115. The second-order valence-electron chi connectivity index (χ2n) is 3.82. The van der Waals surface area contributed by atoms with Crippen LogP contribution in [-0.2, 0) is 4.79 Å². The van der Waals surface area contributed by atoms with Crippen LogP contribution >= 0.6 is 11.6 Å². The summed E-state index contributed by atoms with van der Waals surface area (Å²) in [4.78, 5) is 16.0. The first-order valence-corrected chi connectivity index (χ1v) is 5.96. The summed E-state index contributed by atoms with van der Waals surface area (Å²) in [7, 11) is 0. The van der Waals surface area contributed by atoms with Gasteiger partial charge in [0.15, 0.2) is 0 Å². The average molecular weight is 249 g/mol. The maximum atomic E-state index is 11.5. The number of pyridine rings is 1. The molecule has 1 N–H and O–H groups in total. The molecule has 0 bridgehead atoms. The second-order valence-corrected chi connectivity index (χ2v) is 4.20. The van der Waals surface area contributed by atoms with E-state index in [1.54, 1.807) is 0 Å². The summed E-state index contributed by atoms with van der Waals surface area (Å²) in [5.41, 5.74) is 2.48. The van der Waals surface area contributed by atoms with Crippen LogP contribution in [0.2, 0.25) is 0 Å². The van der Waals surface area contributed by atoms with Crippen LogP contribution in [0, 0.1) is 6.92 Å². The van der Waals surface area contributed by atoms with E-state index >= 15 is 0 Å². The normalized spacial score (nSPS) is 10.5. The van der Waals surface area contributed by atoms with Crippen molar-refractivity contribution >= 4 is 34.1 Å². The van der Waals surface area contributed by atoms with E-state index in [4.69, 9.17) is 11.6 Å². The first-order valence-electron chi connectivity index (χ1n) is 5.43. The van der Waals surface area contributed by atoms with Gasteiger partial charge in [0.1, 0.15) is 0 Å². The van der Waals surface area contributed by atoms with Crippen molar-refractivity contribution in [2.45, 2.75) is 13.3 Å². The molecule has 0 radical (unpaired) electrons. The number of anilines is 1. The van der Waals surface area contributed by atoms with Crippen molar-refractivity contribution in [2.75, 3.05) is 11.2 Å². The number of aromatic nitrogens is 1. The van der Waals surface area contributed by atoms with Crippen LogP contribution in [0.1, 0.15) is 12.1 Å². The standard InChI is InChI=1S/C13H13ClN2O/c1-9-5-6-10-3-2-4-11(13(10)15-9)16-12(17)7-8-14/h2-6H,7-8H2,1H3,(H,16,17). The number of nitrogens with zero attached hydrogens (tertiary/aromatic N) is 1. The number of hydrogen-bond acceptors (Lipinski definition) is 2. The molecule has 0 saturated heterocycles. The quantitative estimate of drug-likeness (QED) is 0.848. The number of amides is 1. The summed E-state index contributed by atoms with van der Waals surface area (Å²) in [5.74, 6) is 0.235. The molecule has 88 valence electrons. The van der Waals surface area contributed by atoms with Crippen LogP contribution in [0.15, 0.2) is 30.3 Å². The molecule has 1 aromatic carbocycles. The highest BCUT2D eigenvalue weighted by Gasteiger charge is 2.06. The molecule has 2 rings (SSSR count). The topological polar surface area (TPSA) is 42.0 Å². The molecule has 1 heterocycles. The zero-order valence-corrected chi connectivity index (χ0v) is 10.3. The summed E-state index contributed by atoms with van der Waals surface area (Å²) >= 11 is 5.53. The van der Waals surface area contributed by atoms with Gasteiger partial charge in [-0.3, -0.25) is 9.78 Å². The maximum absolute atomic E-state index is 11.5. The molecule has 4 heteroatoms. The Hall–Kier alpha value is -1.61. The van der Waals surface area contributed by atoms with Gasteiger partial charge in [-0.15, -0.1) is 11.6 Å². The monoisotopic (exact) mass is 248 g/mol. The molecule has 0 aliphatic carbocycles. The predicted molar refractivity (Wildman–Crippen MR) is 70.4 cm³/mol. The number of fused-ring (bicyclic) bond motifs is 1. The van der Waals surface area contributed by atoms with Gasteiger partial charge < -0.3 is 5.32 Å². The van der Waals surface area contributed by atoms with Gasteiger partial charge in [-0.05, 0) is 19.1 Å². The molecule has 0 fully saturated rings. The van der Waals surface area contributed by atoms with Crippen LogP contribution in [0.4, 0.5) is 5.69 Å². The Labute approximate surface area is 105 Å². The van der Waals surface area contributed by atoms with Crippen molar-refractivity contribution < 1.29 is 4.79 Å². The predicted octanol–water partition coefficient (Wildman–Crippen LogP) is 3.11. The van der Waals surface area contributed by atoms with Crippen LogP contribution < -0.4 is 5.32 Å². The number of nitrogens with one attached hydrogen (secondary N) is 1. The number of hydrogen-bond donors (Lipinski definition) is 1. The second kappa shape index (κ2) is 5.15. The molecule has 0 unspecified atom stereocenters. The Morgan fingerprint density at radius 2 is 2.18 bits per heavy atom. The molecule has 0 spiro atoms. The molecule has 2 aromatic rings. The number of carbonyl (C=O) groups is 1. The first kappa shape index (κ1) is 11.9. The van der Waals surface area contributed by atoms with Crippen molar-refractivity contribution in [1.29, 1.82) is 0 Å². The minimum absolute atomic E-state index is 0.0872. The van der Waals surface area contributed by atoms with Gasteiger partial charge in [-0.25, -0.2) is 0 Å². The Balaban J connectivity index is 2.39. The Bertz CT molecular complexity index is 554. The van der Waals surface area contributed by atoms with E-state index in [0.29, 0.717) is 12.3 Å². The molecule has 0 saturated carbocycles. The minimum atomic E-state index is -0.0872. The lowest BCUT2D eigenvalue weighted by atomic mass is 10.1. The Morgan fingerprint density at radius 1 is 1.35 bits per heavy atom. The summed E-state index contributed by atoms with van der Waals surface area (Å²) < 4.78 is 0. The summed E-state index contributed by atoms with van der Waals surface area (Å²) in [6.07, 6.45) is 0.309. The third-order valence-corrected chi connectivity index (χ3v) is 2.64. The highest BCUT2D eigenvalue weighted by molar-refractivity contribution is 6.19. The van der Waals surface area contributed by atoms with Gasteiger partial charge in [0, 0.05) is 23.4 Å². The van der Waals surface area contributed by atoms with Crippen molar-refractivity contribution in [1.82, 2.24) is 4.98 Å². The Kier molecular flexibility index (Phi) is 3.59. The first-order chi connectivity index (χ1) is 8.20. The van der Waals surface area contributed by atoms with Crippen LogP contribution in [-0.4, -0.2) is 16.8 Å². The molecule has 1 amide bonds. The highest BCUT2D eigenvalue weighted by Crippen LogP contribution is 2.21. The van der Waals surface area contributed by atoms with Crippen molar-refractivity contribution in [2.24, 2.45) is 0 Å². The largest absolute Gasteiger partial charge is 0.324 e. The number of benzene rings is 1. The highest BCUT2D eigenvalue weighted by atomic mass is 35.5. The third-order valence-electron chi connectivity index (χ3n) is 2.46. The minimum Gasteiger partial charge on any atom is -0.324 e. The SMILES string of the molecule is Cc1ccc2cccc(NC(=O)CCCl)c2n1. The van der Waals surface area contributed by atoms with Gasteiger partial charge in [-0.1, -0.05) is 18.2 Å². The van der Waals surface area contributed by atoms with Gasteiger partial charge in [0.05, 0.1) is 11.2 Å². The molecular formula is C13H13ClN2O. The molecule has 3 nitrogen and oxygen atoms in total. The van der Waals surface area contributed by atoms with Crippen LogP contribution in [0.25, 0.3) is 10.9 Å². The van der Waals surface area contributed by atoms with E-state index in [1.165, 1.54) is 0 Å². The molecule has 0 aliphatic heterocycles. The fourth-order valence-corrected chi connectivity index (χ4v) is 1.82. The third kappa shape index (κ3) is 2.74. The van der Waals surface area contributed by atoms with Crippen molar-refractivity contribution in [3.8, 4) is 0 Å². The maximum Gasteiger partial charge on any atom is 0.225 e. The zero-order chi connectivity index (χ0) is 12.3. The molecule has 1 aromatic heterocycles. The van der Waals surface area contributed by atoms with E-state index in [-0.39, 0.29) is 5.91 Å². The molecule has 0 aliphatic rings. The summed E-state index contributed by atoms with van der Waals surface area (Å²) in [6, 6.07) is 9.66. The van der Waals surface area contributed by atoms with E-state index in [0.717, 1.165) is 22.3 Å². The number of para-hydroxylation sites is 1. The lowest BCUT2D eigenvalue weighted by Gasteiger charge is -2.07. The average Bonchev–Trinajstić information content (AvgIpc) is 2.30. The smallest absolute Gasteiger partial charge is 0.225 e. The van der Waals surface area contributed by atoms with E-state index in [2.05, 4.69) is 10.3 Å². The van der Waals surface area contributed by atoms with Gasteiger partial charge in [0.25, 0.3) is 0 Å². The van der Waals surface area contributed by atoms with E-state index < -0.39 is 0 Å². The van der Waals surface area contributed by atoms with Crippen LogP contribution in [0.5, 0.6) is 0 Å². The fourth-order valence-electron chi connectivity index (χ4n) is 1.64. The van der Waals surface area contributed by atoms with Gasteiger partial charge in [-0.2, -0.15) is 0 Å². The number of rotatable bonds is 3. The number of carbonyl (C=O) groups excluding carboxylic acids is 1. The number of aryl methyl sites for hydroxylation is 1. The molecular weight excluding hydrogens is 236 g/mol. The summed E-state index contributed by atoms with van der Waals surface area (Å²) in [5, 5.41) is 3.84. The summed E-state index contributed by atoms with van der Waals surface area (Å²) in [6.45, 7) is 1.93. The van der Waals surface area contributed by atoms with Gasteiger partial charge >= 0.3 is 0 Å². The van der Waals surface area contributed by atoms with Crippen molar-refractivity contribution in [3.63, 3.8) is 0 Å². The number of halogens is 1. The molecule has 0 atom stereocenters. The Morgan fingerprint density at radius 3 is 2.94 bits per heavy atom. The number of alkyl halides is 1. The van der Waals surface area contributed by atoms with Gasteiger partial charge in [0.2, 0.25) is 5.91 Å². The van der Waals surface area contributed by atoms with Crippen molar-refractivity contribution in [3.05, 3.63) is 36.0 Å². The fraction of sp³-hybridized carbons (Fsp3) is 0.231. The molecule has 17 heavy (non-hydrogen) atoms.